The maximum atomic E-state index is 12.9. The molecule has 30 heavy (non-hydrogen) atoms. The van der Waals surface area contributed by atoms with Crippen molar-refractivity contribution in [3.8, 4) is 0 Å². The Morgan fingerprint density at radius 2 is 1.80 bits per heavy atom. The third-order valence-corrected chi connectivity index (χ3v) is 6.83. The van der Waals surface area contributed by atoms with Crippen LogP contribution < -0.4 is 5.32 Å². The molecule has 0 unspecified atom stereocenters. The molecule has 0 atom stereocenters. The number of nitrogens with zero attached hydrogens (tertiary/aromatic N) is 3. The van der Waals surface area contributed by atoms with Gasteiger partial charge in [0.15, 0.2) is 0 Å². The van der Waals surface area contributed by atoms with Gasteiger partial charge in [-0.25, -0.2) is 9.59 Å². The number of hydrogen-bond donors (Lipinski definition) is 1. The predicted octanol–water partition coefficient (Wildman–Crippen LogP) is 4.69. The highest BCUT2D eigenvalue weighted by atomic mass is 79.9. The average Bonchev–Trinajstić information content (AvgIpc) is 3.12. The fourth-order valence-corrected chi connectivity index (χ4v) is 4.44. The minimum absolute atomic E-state index is 0.0753. The van der Waals surface area contributed by atoms with Gasteiger partial charge >= 0.3 is 12.1 Å². The zero-order chi connectivity index (χ0) is 21.1. The first-order valence-corrected chi connectivity index (χ1v) is 11.2. The first-order chi connectivity index (χ1) is 14.5. The number of anilines is 1. The summed E-state index contributed by atoms with van der Waals surface area (Å²) in [6, 6.07) is 16.2. The van der Waals surface area contributed by atoms with Crippen molar-refractivity contribution in [3.63, 3.8) is 0 Å². The highest BCUT2D eigenvalue weighted by Crippen LogP contribution is 2.24. The maximum Gasteiger partial charge on any atom is 0.321 e. The SMILES string of the molecule is Cc1cc(NC(=O)N2CCC(N3CCN(Cc4ccccc4)C3=O)CC2)ccc1Br. The molecular weight excluding hydrogens is 444 g/mol. The normalized spacial score (nSPS) is 17.5. The van der Waals surface area contributed by atoms with E-state index in [-0.39, 0.29) is 18.1 Å². The second-order valence-corrected chi connectivity index (χ2v) is 8.85. The summed E-state index contributed by atoms with van der Waals surface area (Å²) >= 11 is 3.48. The Hall–Kier alpha value is -2.54. The van der Waals surface area contributed by atoms with Crippen LogP contribution in [0.5, 0.6) is 0 Å². The van der Waals surface area contributed by atoms with E-state index < -0.39 is 0 Å². The largest absolute Gasteiger partial charge is 0.324 e. The van der Waals surface area contributed by atoms with Gasteiger partial charge in [-0.3, -0.25) is 0 Å². The number of nitrogens with one attached hydrogen (secondary N) is 1. The molecule has 4 amide bonds. The van der Waals surface area contributed by atoms with E-state index in [0.717, 1.165) is 47.2 Å². The quantitative estimate of drug-likeness (QED) is 0.704. The van der Waals surface area contributed by atoms with E-state index in [9.17, 15) is 9.59 Å². The summed E-state index contributed by atoms with van der Waals surface area (Å²) in [5.74, 6) is 0. The summed E-state index contributed by atoms with van der Waals surface area (Å²) in [7, 11) is 0. The van der Waals surface area contributed by atoms with Crippen molar-refractivity contribution in [2.24, 2.45) is 0 Å². The molecule has 0 radical (unpaired) electrons. The molecule has 2 aromatic rings. The topological polar surface area (TPSA) is 55.9 Å². The third-order valence-electron chi connectivity index (χ3n) is 5.94. The van der Waals surface area contributed by atoms with Crippen molar-refractivity contribution in [3.05, 3.63) is 64.1 Å². The van der Waals surface area contributed by atoms with Gasteiger partial charge in [0.2, 0.25) is 0 Å². The molecule has 2 aliphatic heterocycles. The molecule has 0 aliphatic carbocycles. The number of carbonyl (C=O) groups excluding carboxylic acids is 2. The summed E-state index contributed by atoms with van der Waals surface area (Å²) < 4.78 is 1.03. The van der Waals surface area contributed by atoms with Gasteiger partial charge in [0.25, 0.3) is 0 Å². The van der Waals surface area contributed by atoms with Gasteiger partial charge in [0, 0.05) is 48.9 Å². The number of aryl methyl sites for hydroxylation is 1. The molecule has 158 valence electrons. The number of likely N-dealkylation sites (tertiary alicyclic amines) is 1. The highest BCUT2D eigenvalue weighted by Gasteiger charge is 2.35. The summed E-state index contributed by atoms with van der Waals surface area (Å²) in [4.78, 5) is 31.3. The number of piperidine rings is 1. The van der Waals surface area contributed by atoms with E-state index in [1.807, 2.05) is 58.0 Å². The van der Waals surface area contributed by atoms with Crippen LogP contribution in [0.4, 0.5) is 15.3 Å². The van der Waals surface area contributed by atoms with Gasteiger partial charge in [0.05, 0.1) is 0 Å². The van der Waals surface area contributed by atoms with E-state index in [1.54, 1.807) is 0 Å². The van der Waals surface area contributed by atoms with Crippen LogP contribution in [0.3, 0.4) is 0 Å². The van der Waals surface area contributed by atoms with Crippen LogP contribution in [-0.4, -0.2) is 59.0 Å². The van der Waals surface area contributed by atoms with Crippen molar-refractivity contribution in [2.45, 2.75) is 32.4 Å². The van der Waals surface area contributed by atoms with Crippen LogP contribution in [0.15, 0.2) is 53.0 Å². The molecule has 0 bridgehead atoms. The monoisotopic (exact) mass is 470 g/mol. The molecule has 7 heteroatoms. The van der Waals surface area contributed by atoms with Crippen LogP contribution in [0.25, 0.3) is 0 Å². The lowest BCUT2D eigenvalue weighted by atomic mass is 10.0. The summed E-state index contributed by atoms with van der Waals surface area (Å²) in [5, 5.41) is 2.98. The molecule has 0 spiro atoms. The number of carbonyl (C=O) groups is 2. The minimum atomic E-state index is -0.0753. The highest BCUT2D eigenvalue weighted by molar-refractivity contribution is 9.10. The van der Waals surface area contributed by atoms with Gasteiger partial charge in [-0.1, -0.05) is 46.3 Å². The number of halogens is 1. The average molecular weight is 471 g/mol. The third kappa shape index (κ3) is 4.61. The zero-order valence-corrected chi connectivity index (χ0v) is 18.8. The van der Waals surface area contributed by atoms with Crippen molar-refractivity contribution >= 4 is 33.7 Å². The van der Waals surface area contributed by atoms with Crippen LogP contribution in [0.2, 0.25) is 0 Å². The van der Waals surface area contributed by atoms with Crippen molar-refractivity contribution in [1.82, 2.24) is 14.7 Å². The fraction of sp³-hybridized carbons (Fsp3) is 0.391. The standard InChI is InChI=1S/C23H27BrN4O2/c1-17-15-19(7-8-21(17)24)25-22(29)26-11-9-20(10-12-26)28-14-13-27(23(28)30)16-18-5-3-2-4-6-18/h2-8,15,20H,9-14,16H2,1H3,(H,25,29). The van der Waals surface area contributed by atoms with Gasteiger partial charge in [-0.2, -0.15) is 0 Å². The molecular formula is C23H27BrN4O2. The van der Waals surface area contributed by atoms with E-state index in [2.05, 4.69) is 33.4 Å². The Labute approximate surface area is 186 Å². The first-order valence-electron chi connectivity index (χ1n) is 10.4. The summed E-state index contributed by atoms with van der Waals surface area (Å²) in [6.45, 7) is 5.50. The molecule has 6 nitrogen and oxygen atoms in total. The number of benzene rings is 2. The lowest BCUT2D eigenvalue weighted by molar-refractivity contribution is 0.139. The molecule has 2 heterocycles. The maximum absolute atomic E-state index is 12.9. The van der Waals surface area contributed by atoms with Crippen LogP contribution in [0, 0.1) is 6.92 Å². The molecule has 2 fully saturated rings. The number of urea groups is 2. The summed E-state index contributed by atoms with van der Waals surface area (Å²) in [5.41, 5.74) is 3.04. The van der Waals surface area contributed by atoms with E-state index >= 15 is 0 Å². The zero-order valence-electron chi connectivity index (χ0n) is 17.2. The van der Waals surface area contributed by atoms with E-state index in [4.69, 9.17) is 0 Å². The molecule has 0 saturated carbocycles. The Bertz CT molecular complexity index is 913. The minimum Gasteiger partial charge on any atom is -0.324 e. The lowest BCUT2D eigenvalue weighted by Crippen LogP contribution is -2.49. The van der Waals surface area contributed by atoms with Gasteiger partial charge in [-0.15, -0.1) is 0 Å². The molecule has 2 aliphatic rings. The van der Waals surface area contributed by atoms with Gasteiger partial charge in [-0.05, 0) is 49.1 Å². The van der Waals surface area contributed by atoms with Crippen LogP contribution in [-0.2, 0) is 6.54 Å². The van der Waals surface area contributed by atoms with Crippen LogP contribution >= 0.6 is 15.9 Å². The Morgan fingerprint density at radius 1 is 1.07 bits per heavy atom. The van der Waals surface area contributed by atoms with E-state index in [1.165, 1.54) is 0 Å². The predicted molar refractivity (Wildman–Crippen MR) is 121 cm³/mol. The Kier molecular flexibility index (Phi) is 6.27. The summed E-state index contributed by atoms with van der Waals surface area (Å²) in [6.07, 6.45) is 1.63. The first kappa shape index (κ1) is 20.7. The van der Waals surface area contributed by atoms with E-state index in [0.29, 0.717) is 19.6 Å². The molecule has 4 rings (SSSR count). The molecule has 0 aromatic heterocycles. The van der Waals surface area contributed by atoms with Gasteiger partial charge in [0.1, 0.15) is 0 Å². The number of rotatable bonds is 4. The number of amides is 4. The molecule has 2 saturated heterocycles. The van der Waals surface area contributed by atoms with Crippen LogP contribution in [0.1, 0.15) is 24.0 Å². The fourth-order valence-electron chi connectivity index (χ4n) is 4.20. The van der Waals surface area contributed by atoms with Crippen molar-refractivity contribution in [2.75, 3.05) is 31.5 Å². The van der Waals surface area contributed by atoms with Gasteiger partial charge < -0.3 is 20.0 Å². The van der Waals surface area contributed by atoms with Crippen molar-refractivity contribution < 1.29 is 9.59 Å². The number of hydrogen-bond acceptors (Lipinski definition) is 2. The molecule has 2 aromatic carbocycles. The lowest BCUT2D eigenvalue weighted by Gasteiger charge is -2.36. The second kappa shape index (κ2) is 9.08. The Balaban J connectivity index is 1.28. The Morgan fingerprint density at radius 3 is 2.50 bits per heavy atom. The smallest absolute Gasteiger partial charge is 0.321 e. The molecule has 1 N–H and O–H groups in total. The second-order valence-electron chi connectivity index (χ2n) is 8.00. The van der Waals surface area contributed by atoms with Crippen molar-refractivity contribution in [1.29, 1.82) is 0 Å².